The van der Waals surface area contributed by atoms with Crippen LogP contribution < -0.4 is 0 Å². The van der Waals surface area contributed by atoms with Crippen LogP contribution in [0.4, 0.5) is 0 Å². The zero-order valence-corrected chi connectivity index (χ0v) is 8.44. The predicted molar refractivity (Wildman–Crippen MR) is 50.3 cm³/mol. The molecule has 0 saturated heterocycles. The minimum atomic E-state index is -3.50. The van der Waals surface area contributed by atoms with Crippen LogP contribution in [-0.4, -0.2) is 21.8 Å². The highest BCUT2D eigenvalue weighted by molar-refractivity contribution is 7.51. The van der Waals surface area contributed by atoms with Crippen LogP contribution in [0, 0.1) is 0 Å². The fourth-order valence-electron chi connectivity index (χ4n) is 0.853. The van der Waals surface area contributed by atoms with Gasteiger partial charge in [-0.3, -0.25) is 4.57 Å². The molecule has 0 aromatic heterocycles. The van der Waals surface area contributed by atoms with Gasteiger partial charge in [0.05, 0.1) is 6.61 Å². The summed E-state index contributed by atoms with van der Waals surface area (Å²) in [6.45, 7) is 0.991. The van der Waals surface area contributed by atoms with Gasteiger partial charge in [0.1, 0.15) is 0 Å². The molecular formula is C8H11O5P. The molecular weight excluding hydrogens is 207 g/mol. The van der Waals surface area contributed by atoms with Gasteiger partial charge in [-0.05, 0) is 17.7 Å². The lowest BCUT2D eigenvalue weighted by molar-refractivity contribution is 0.255. The smallest absolute Gasteiger partial charge is 0.325 e. The summed E-state index contributed by atoms with van der Waals surface area (Å²) in [4.78, 5) is 8.82. The molecule has 0 bridgehead atoms. The molecule has 14 heavy (non-hydrogen) atoms. The lowest BCUT2D eigenvalue weighted by Crippen LogP contribution is -1.89. The van der Waals surface area contributed by atoms with Crippen LogP contribution in [-0.2, 0) is 15.7 Å². The third-order valence-corrected chi connectivity index (χ3v) is 2.12. The Balaban J connectivity index is 2.69. The Morgan fingerprint density at radius 1 is 1.36 bits per heavy atom. The number of hydrogen-bond donors (Lipinski definition) is 3. The van der Waals surface area contributed by atoms with Crippen molar-refractivity contribution in [3.63, 3.8) is 0 Å². The molecule has 3 N–H and O–H groups in total. The van der Waals surface area contributed by atoms with Crippen molar-refractivity contribution in [1.82, 2.24) is 0 Å². The van der Waals surface area contributed by atoms with Crippen LogP contribution in [0.2, 0.25) is 0 Å². The zero-order valence-electron chi connectivity index (χ0n) is 7.54. The molecule has 0 aliphatic carbocycles. The topological polar surface area (TPSA) is 87.0 Å². The van der Waals surface area contributed by atoms with Crippen molar-refractivity contribution in [2.75, 3.05) is 6.66 Å². The Morgan fingerprint density at radius 2 is 2.00 bits per heavy atom. The van der Waals surface area contributed by atoms with Gasteiger partial charge in [-0.2, -0.15) is 0 Å². The van der Waals surface area contributed by atoms with Crippen LogP contribution >= 0.6 is 7.60 Å². The van der Waals surface area contributed by atoms with Gasteiger partial charge >= 0.3 is 7.60 Å². The molecule has 1 aromatic rings. The summed E-state index contributed by atoms with van der Waals surface area (Å²) in [6.07, 6.45) is 0. The van der Waals surface area contributed by atoms with Crippen LogP contribution in [0.1, 0.15) is 5.56 Å². The molecule has 0 aliphatic heterocycles. The Hall–Kier alpha value is -1.03. The highest BCUT2D eigenvalue weighted by atomic mass is 31.2. The Bertz CT molecular complexity index is 370. The van der Waals surface area contributed by atoms with Crippen molar-refractivity contribution in [3.05, 3.63) is 23.8 Å². The summed E-state index contributed by atoms with van der Waals surface area (Å²) in [5.74, 6) is -0.521. The highest BCUT2D eigenvalue weighted by Crippen LogP contribution is 2.38. The Labute approximate surface area is 81.1 Å². The van der Waals surface area contributed by atoms with Crippen molar-refractivity contribution in [2.24, 2.45) is 0 Å². The lowest BCUT2D eigenvalue weighted by atomic mass is 10.2. The van der Waals surface area contributed by atoms with E-state index in [1.807, 2.05) is 0 Å². The lowest BCUT2D eigenvalue weighted by Gasteiger charge is -2.07. The first kappa shape index (κ1) is 11.0. The monoisotopic (exact) mass is 218 g/mol. The van der Waals surface area contributed by atoms with Gasteiger partial charge in [-0.1, -0.05) is 6.07 Å². The second-order valence-corrected chi connectivity index (χ2v) is 4.76. The third kappa shape index (κ3) is 3.38. The normalized spacial score (nSPS) is 15.0. The fraction of sp³-hybridized carbons (Fsp3) is 0.250. The maximum absolute atomic E-state index is 10.8. The Morgan fingerprint density at radius 3 is 2.50 bits per heavy atom. The Kier molecular flexibility index (Phi) is 3.16. The molecule has 0 aliphatic rings. The number of rotatable bonds is 3. The van der Waals surface area contributed by atoms with Gasteiger partial charge in [-0.25, -0.2) is 0 Å². The van der Waals surface area contributed by atoms with E-state index in [9.17, 15) is 4.57 Å². The molecule has 1 unspecified atom stereocenters. The van der Waals surface area contributed by atoms with E-state index in [4.69, 9.17) is 15.1 Å². The van der Waals surface area contributed by atoms with E-state index in [0.29, 0.717) is 5.56 Å². The van der Waals surface area contributed by atoms with E-state index >= 15 is 0 Å². The van der Waals surface area contributed by atoms with Crippen molar-refractivity contribution in [2.45, 2.75) is 6.61 Å². The van der Waals surface area contributed by atoms with E-state index < -0.39 is 7.60 Å². The molecule has 6 heteroatoms. The third-order valence-electron chi connectivity index (χ3n) is 1.51. The molecule has 5 nitrogen and oxygen atoms in total. The molecule has 0 heterocycles. The second-order valence-electron chi connectivity index (χ2n) is 2.90. The van der Waals surface area contributed by atoms with Crippen molar-refractivity contribution >= 4 is 7.60 Å². The summed E-state index contributed by atoms with van der Waals surface area (Å²) in [5.41, 5.74) is 0.511. The maximum Gasteiger partial charge on any atom is 0.325 e. The molecule has 0 radical (unpaired) electrons. The van der Waals surface area contributed by atoms with Crippen LogP contribution in [0.5, 0.6) is 11.5 Å². The van der Waals surface area contributed by atoms with Gasteiger partial charge in [0.25, 0.3) is 0 Å². The van der Waals surface area contributed by atoms with Crippen LogP contribution in [0.15, 0.2) is 18.2 Å². The van der Waals surface area contributed by atoms with E-state index in [1.54, 1.807) is 0 Å². The molecule has 78 valence electrons. The minimum Gasteiger partial charge on any atom is -0.504 e. The number of phenols is 2. The number of benzene rings is 1. The highest BCUT2D eigenvalue weighted by Gasteiger charge is 2.10. The standard InChI is InChI=1S/C8H11O5P/c1-14(11,12)13-5-6-2-3-7(9)8(10)4-6/h2-4,9-10H,5H2,1H3,(H,11,12). The number of hydrogen-bond acceptors (Lipinski definition) is 4. The summed E-state index contributed by atoms with van der Waals surface area (Å²) >= 11 is 0. The zero-order chi connectivity index (χ0) is 10.8. The molecule has 0 fully saturated rings. The summed E-state index contributed by atoms with van der Waals surface area (Å²) in [5, 5.41) is 18.1. The average molecular weight is 218 g/mol. The minimum absolute atomic E-state index is 0.0852. The molecule has 1 rings (SSSR count). The van der Waals surface area contributed by atoms with Crippen molar-refractivity contribution in [3.8, 4) is 11.5 Å². The maximum atomic E-state index is 10.8. The van der Waals surface area contributed by atoms with Gasteiger partial charge in [-0.15, -0.1) is 0 Å². The first-order chi connectivity index (χ1) is 6.38. The van der Waals surface area contributed by atoms with Crippen molar-refractivity contribution in [1.29, 1.82) is 0 Å². The first-order valence-corrected chi connectivity index (χ1v) is 5.86. The molecule has 1 atom stereocenters. The number of aromatic hydroxyl groups is 2. The summed E-state index contributed by atoms with van der Waals surface area (Å²) in [6, 6.07) is 4.04. The molecule has 0 saturated carbocycles. The SMILES string of the molecule is CP(=O)(O)OCc1ccc(O)c(O)c1. The first-order valence-electron chi connectivity index (χ1n) is 3.84. The van der Waals surface area contributed by atoms with Gasteiger partial charge in [0.2, 0.25) is 0 Å². The summed E-state index contributed by atoms with van der Waals surface area (Å²) < 4.78 is 15.4. The van der Waals surface area contributed by atoms with E-state index in [-0.39, 0.29) is 18.1 Å². The summed E-state index contributed by atoms with van der Waals surface area (Å²) in [7, 11) is -3.50. The molecule has 0 spiro atoms. The number of phenolic OH excluding ortho intramolecular Hbond substituents is 2. The van der Waals surface area contributed by atoms with Crippen LogP contribution in [0.25, 0.3) is 0 Å². The fourth-order valence-corrected chi connectivity index (χ4v) is 1.24. The molecule has 0 amide bonds. The van der Waals surface area contributed by atoms with Gasteiger partial charge in [0, 0.05) is 6.66 Å². The van der Waals surface area contributed by atoms with E-state index in [0.717, 1.165) is 6.66 Å². The van der Waals surface area contributed by atoms with Gasteiger partial charge < -0.3 is 19.6 Å². The second kappa shape index (κ2) is 4.00. The predicted octanol–water partition coefficient (Wildman–Crippen LogP) is 1.43. The van der Waals surface area contributed by atoms with Gasteiger partial charge in [0.15, 0.2) is 11.5 Å². The molecule has 1 aromatic carbocycles. The largest absolute Gasteiger partial charge is 0.504 e. The van der Waals surface area contributed by atoms with E-state index in [2.05, 4.69) is 4.52 Å². The van der Waals surface area contributed by atoms with E-state index in [1.165, 1.54) is 18.2 Å². The van der Waals surface area contributed by atoms with Crippen molar-refractivity contribution < 1.29 is 24.2 Å². The van der Waals surface area contributed by atoms with Crippen LogP contribution in [0.3, 0.4) is 0 Å². The average Bonchev–Trinajstić information content (AvgIpc) is 2.06. The quantitative estimate of drug-likeness (QED) is 0.527.